The van der Waals surface area contributed by atoms with Crippen molar-refractivity contribution < 1.29 is 19.1 Å². The molecule has 8 heteroatoms. The van der Waals surface area contributed by atoms with Crippen LogP contribution in [0.25, 0.3) is 0 Å². The van der Waals surface area contributed by atoms with Crippen molar-refractivity contribution in [2.45, 2.75) is 19.3 Å². The molecule has 35 heavy (non-hydrogen) atoms. The number of likely N-dealkylation sites (N-methyl/N-ethyl adjacent to an activating group) is 1. The summed E-state index contributed by atoms with van der Waals surface area (Å²) in [6.07, 6.45) is 1.97. The number of likely N-dealkylation sites (tertiary alicyclic amines) is 1. The summed E-state index contributed by atoms with van der Waals surface area (Å²) in [5.41, 5.74) is 0.0607. The van der Waals surface area contributed by atoms with Gasteiger partial charge in [-0.1, -0.05) is 23.7 Å². The molecular formula is C27H34ClN3O4. The van der Waals surface area contributed by atoms with Gasteiger partial charge in [-0.15, -0.1) is 0 Å². The van der Waals surface area contributed by atoms with E-state index < -0.39 is 5.41 Å². The fourth-order valence-electron chi connectivity index (χ4n) is 4.94. The van der Waals surface area contributed by atoms with E-state index in [0.717, 1.165) is 39.0 Å². The number of benzene rings is 2. The average Bonchev–Trinajstić information content (AvgIpc) is 2.88. The Labute approximate surface area is 212 Å². The number of carbonyl (C=O) groups excluding carboxylic acids is 2. The van der Waals surface area contributed by atoms with E-state index in [2.05, 4.69) is 11.9 Å². The van der Waals surface area contributed by atoms with Crippen LogP contribution in [-0.2, 0) is 4.79 Å². The smallest absolute Gasteiger partial charge is 0.257 e. The van der Waals surface area contributed by atoms with Gasteiger partial charge in [0.2, 0.25) is 5.91 Å². The monoisotopic (exact) mass is 499 g/mol. The summed E-state index contributed by atoms with van der Waals surface area (Å²) in [6, 6.07) is 14.5. The Hall–Kier alpha value is -2.77. The molecule has 0 saturated carbocycles. The van der Waals surface area contributed by atoms with Crippen LogP contribution in [0.15, 0.2) is 48.5 Å². The van der Waals surface area contributed by atoms with Crippen LogP contribution >= 0.6 is 11.6 Å². The highest BCUT2D eigenvalue weighted by molar-refractivity contribution is 6.30. The zero-order valence-electron chi connectivity index (χ0n) is 20.5. The molecule has 2 aromatic carbocycles. The van der Waals surface area contributed by atoms with Gasteiger partial charge in [-0.2, -0.15) is 0 Å². The van der Waals surface area contributed by atoms with E-state index in [-0.39, 0.29) is 11.8 Å². The zero-order chi connectivity index (χ0) is 24.8. The van der Waals surface area contributed by atoms with E-state index in [1.165, 1.54) is 0 Å². The van der Waals surface area contributed by atoms with E-state index in [9.17, 15) is 9.59 Å². The maximum absolute atomic E-state index is 13.5. The summed E-state index contributed by atoms with van der Waals surface area (Å²) in [4.78, 5) is 32.9. The number of methoxy groups -OCH3 is 1. The number of para-hydroxylation sites is 1. The molecule has 188 valence electrons. The predicted octanol–water partition coefficient (Wildman–Crippen LogP) is 3.81. The number of hydrogen-bond donors (Lipinski definition) is 0. The first-order valence-electron chi connectivity index (χ1n) is 12.2. The molecule has 0 spiro atoms. The van der Waals surface area contributed by atoms with E-state index in [0.29, 0.717) is 48.2 Å². The molecule has 2 aliphatic heterocycles. The number of halogens is 1. The molecule has 0 unspecified atom stereocenters. The molecule has 7 nitrogen and oxygen atoms in total. The molecule has 2 aromatic rings. The SMILES string of the molecule is COc1ccccc1C(=O)N1CCC[C@](COc2ccc(Cl)cc2)(CC(=O)N2CCN(C)CC2)C1. The van der Waals surface area contributed by atoms with Crippen molar-refractivity contribution in [2.75, 3.05) is 60.0 Å². The van der Waals surface area contributed by atoms with Crippen molar-refractivity contribution in [3.63, 3.8) is 0 Å². The van der Waals surface area contributed by atoms with Gasteiger partial charge in [0.05, 0.1) is 19.3 Å². The highest BCUT2D eigenvalue weighted by atomic mass is 35.5. The lowest BCUT2D eigenvalue weighted by Gasteiger charge is -2.43. The lowest BCUT2D eigenvalue weighted by atomic mass is 9.77. The minimum Gasteiger partial charge on any atom is -0.496 e. The normalized spacial score (nSPS) is 21.0. The molecule has 0 bridgehead atoms. The van der Waals surface area contributed by atoms with Crippen LogP contribution < -0.4 is 9.47 Å². The summed E-state index contributed by atoms with van der Waals surface area (Å²) in [5.74, 6) is 1.31. The van der Waals surface area contributed by atoms with Crippen molar-refractivity contribution >= 4 is 23.4 Å². The Morgan fingerprint density at radius 3 is 2.40 bits per heavy atom. The second-order valence-corrected chi connectivity index (χ2v) is 10.1. The Morgan fingerprint density at radius 2 is 1.69 bits per heavy atom. The summed E-state index contributed by atoms with van der Waals surface area (Å²) in [6.45, 7) is 4.65. The van der Waals surface area contributed by atoms with Gasteiger partial charge in [-0.05, 0) is 56.3 Å². The van der Waals surface area contributed by atoms with Gasteiger partial charge >= 0.3 is 0 Å². The molecule has 0 radical (unpaired) electrons. The second-order valence-electron chi connectivity index (χ2n) is 9.63. The lowest BCUT2D eigenvalue weighted by molar-refractivity contribution is -0.137. The number of piperazine rings is 1. The number of piperidine rings is 1. The number of carbonyl (C=O) groups is 2. The largest absolute Gasteiger partial charge is 0.496 e. The number of amides is 2. The highest BCUT2D eigenvalue weighted by Gasteiger charge is 2.41. The predicted molar refractivity (Wildman–Crippen MR) is 136 cm³/mol. The number of nitrogens with zero attached hydrogens (tertiary/aromatic N) is 3. The summed E-state index contributed by atoms with van der Waals surface area (Å²) in [7, 11) is 3.65. The maximum Gasteiger partial charge on any atom is 0.257 e. The first-order valence-corrected chi connectivity index (χ1v) is 12.5. The fraction of sp³-hybridized carbons (Fsp3) is 0.481. The van der Waals surface area contributed by atoms with Crippen LogP contribution in [0.5, 0.6) is 11.5 Å². The quantitative estimate of drug-likeness (QED) is 0.579. The summed E-state index contributed by atoms with van der Waals surface area (Å²) < 4.78 is 11.6. The second kappa shape index (κ2) is 11.3. The van der Waals surface area contributed by atoms with E-state index in [4.69, 9.17) is 21.1 Å². The Morgan fingerprint density at radius 1 is 0.971 bits per heavy atom. The molecule has 0 aromatic heterocycles. The lowest BCUT2D eigenvalue weighted by Crippen LogP contribution is -2.53. The van der Waals surface area contributed by atoms with Crippen LogP contribution in [0.3, 0.4) is 0 Å². The first kappa shape index (κ1) is 25.3. The Bertz CT molecular complexity index is 1020. The van der Waals surface area contributed by atoms with Crippen LogP contribution in [0, 0.1) is 5.41 Å². The van der Waals surface area contributed by atoms with Gasteiger partial charge in [-0.25, -0.2) is 0 Å². The van der Waals surface area contributed by atoms with E-state index in [1.807, 2.05) is 34.1 Å². The van der Waals surface area contributed by atoms with E-state index in [1.54, 1.807) is 31.4 Å². The molecule has 2 saturated heterocycles. The van der Waals surface area contributed by atoms with Crippen LogP contribution in [0.1, 0.15) is 29.6 Å². The van der Waals surface area contributed by atoms with Gasteiger partial charge in [-0.3, -0.25) is 9.59 Å². The molecule has 1 atom stereocenters. The van der Waals surface area contributed by atoms with Gasteiger partial charge in [0.1, 0.15) is 11.5 Å². The third kappa shape index (κ3) is 6.27. The molecule has 2 fully saturated rings. The third-order valence-corrected chi connectivity index (χ3v) is 7.28. The van der Waals surface area contributed by atoms with Crippen molar-refractivity contribution in [3.05, 3.63) is 59.1 Å². The van der Waals surface area contributed by atoms with Gasteiger partial charge in [0.15, 0.2) is 0 Å². The molecule has 4 rings (SSSR count). The number of hydrogen-bond acceptors (Lipinski definition) is 5. The highest BCUT2D eigenvalue weighted by Crippen LogP contribution is 2.36. The molecule has 2 heterocycles. The van der Waals surface area contributed by atoms with Crippen LogP contribution in [-0.4, -0.2) is 86.5 Å². The molecule has 2 amide bonds. The van der Waals surface area contributed by atoms with Crippen LogP contribution in [0.2, 0.25) is 5.02 Å². The van der Waals surface area contributed by atoms with E-state index >= 15 is 0 Å². The standard InChI is InChI=1S/C27H34ClN3O4/c1-29-14-16-30(17-15-29)25(32)18-27(20-35-22-10-8-21(28)9-11-22)12-5-13-31(19-27)26(33)23-6-3-4-7-24(23)34-2/h3-4,6-11H,5,12-20H2,1-2H3/t27-/m0/s1. The summed E-state index contributed by atoms with van der Waals surface area (Å²) in [5, 5.41) is 0.642. The molecular weight excluding hydrogens is 466 g/mol. The Kier molecular flexibility index (Phi) is 8.19. The van der Waals surface area contributed by atoms with Gasteiger partial charge in [0, 0.05) is 56.1 Å². The first-order chi connectivity index (χ1) is 16.9. The zero-order valence-corrected chi connectivity index (χ0v) is 21.3. The van der Waals surface area contributed by atoms with Crippen LogP contribution in [0.4, 0.5) is 0 Å². The third-order valence-electron chi connectivity index (χ3n) is 7.03. The van der Waals surface area contributed by atoms with Crippen molar-refractivity contribution in [3.8, 4) is 11.5 Å². The fourth-order valence-corrected chi connectivity index (χ4v) is 5.07. The number of rotatable bonds is 7. The molecule has 2 aliphatic rings. The topological polar surface area (TPSA) is 62.3 Å². The summed E-state index contributed by atoms with van der Waals surface area (Å²) >= 11 is 6.03. The number of ether oxygens (including phenoxy) is 2. The molecule has 0 aliphatic carbocycles. The average molecular weight is 500 g/mol. The minimum atomic E-state index is -0.476. The van der Waals surface area contributed by atoms with Gasteiger partial charge in [0.25, 0.3) is 5.91 Å². The maximum atomic E-state index is 13.5. The van der Waals surface area contributed by atoms with Crippen molar-refractivity contribution in [1.82, 2.24) is 14.7 Å². The Balaban J connectivity index is 1.54. The van der Waals surface area contributed by atoms with Crippen molar-refractivity contribution in [2.24, 2.45) is 5.41 Å². The molecule has 0 N–H and O–H groups in total. The van der Waals surface area contributed by atoms with Gasteiger partial charge < -0.3 is 24.2 Å². The van der Waals surface area contributed by atoms with Crippen molar-refractivity contribution in [1.29, 1.82) is 0 Å². The minimum absolute atomic E-state index is 0.0786.